The molecule has 2 aromatic rings. The molecule has 1 aromatic heterocycles. The van der Waals surface area contributed by atoms with E-state index in [2.05, 4.69) is 4.98 Å². The number of aromatic nitrogens is 1. The molecule has 0 saturated heterocycles. The molecule has 0 aliphatic heterocycles. The fourth-order valence-corrected chi connectivity index (χ4v) is 1.77. The quantitative estimate of drug-likeness (QED) is 0.848. The molecule has 2 rings (SSSR count). The first-order valence-electron chi connectivity index (χ1n) is 4.42. The number of benzene rings is 1. The van der Waals surface area contributed by atoms with Gasteiger partial charge < -0.3 is 5.11 Å². The van der Waals surface area contributed by atoms with Crippen molar-refractivity contribution >= 4 is 28.5 Å². The first-order valence-corrected chi connectivity index (χ1v) is 4.79. The Morgan fingerprint density at radius 1 is 1.47 bits per heavy atom. The van der Waals surface area contributed by atoms with Crippen LogP contribution in [-0.4, -0.2) is 16.1 Å². The number of rotatable bonds is 2. The van der Waals surface area contributed by atoms with Crippen LogP contribution in [0.4, 0.5) is 0 Å². The molecule has 1 N–H and O–H groups in total. The second-order valence-electron chi connectivity index (χ2n) is 3.21. The number of aliphatic carboxylic acids is 1. The van der Waals surface area contributed by atoms with Gasteiger partial charge in [-0.3, -0.25) is 9.78 Å². The van der Waals surface area contributed by atoms with Crippen LogP contribution in [0, 0.1) is 0 Å². The Labute approximate surface area is 91.3 Å². The molecule has 3 nitrogen and oxygen atoms in total. The van der Waals surface area contributed by atoms with Crippen LogP contribution in [0.25, 0.3) is 10.9 Å². The smallest absolute Gasteiger partial charge is 0.307 e. The molecule has 0 aliphatic carbocycles. The van der Waals surface area contributed by atoms with Crippen molar-refractivity contribution in [2.75, 3.05) is 0 Å². The monoisotopic (exact) mass is 221 g/mol. The fourth-order valence-electron chi connectivity index (χ4n) is 1.53. The first-order chi connectivity index (χ1) is 7.16. The largest absolute Gasteiger partial charge is 0.481 e. The van der Waals surface area contributed by atoms with Gasteiger partial charge in [0.2, 0.25) is 0 Å². The average molecular weight is 222 g/mol. The number of pyridine rings is 1. The highest BCUT2D eigenvalue weighted by molar-refractivity contribution is 6.31. The maximum absolute atomic E-state index is 10.7. The Morgan fingerprint density at radius 3 is 3.00 bits per heavy atom. The van der Waals surface area contributed by atoms with Crippen LogP contribution in [0.15, 0.2) is 30.5 Å². The number of carboxylic acid groups (broad SMARTS) is 1. The second-order valence-corrected chi connectivity index (χ2v) is 3.65. The number of halogens is 1. The van der Waals surface area contributed by atoms with E-state index in [9.17, 15) is 4.79 Å². The van der Waals surface area contributed by atoms with Gasteiger partial charge in [0, 0.05) is 16.6 Å². The number of hydrogen-bond acceptors (Lipinski definition) is 2. The average Bonchev–Trinajstić information content (AvgIpc) is 2.16. The third-order valence-electron chi connectivity index (χ3n) is 2.09. The molecule has 4 heteroatoms. The molecule has 0 spiro atoms. The van der Waals surface area contributed by atoms with E-state index in [1.54, 1.807) is 24.4 Å². The summed E-state index contributed by atoms with van der Waals surface area (Å²) in [6.07, 6.45) is 1.58. The zero-order chi connectivity index (χ0) is 10.8. The van der Waals surface area contributed by atoms with E-state index in [-0.39, 0.29) is 6.42 Å². The zero-order valence-corrected chi connectivity index (χ0v) is 8.53. The number of carbonyl (C=O) groups is 1. The number of nitrogens with zero attached hydrogens (tertiary/aromatic N) is 1. The Kier molecular flexibility index (Phi) is 2.56. The second kappa shape index (κ2) is 3.87. The third kappa shape index (κ3) is 2.07. The van der Waals surface area contributed by atoms with E-state index in [4.69, 9.17) is 16.7 Å². The lowest BCUT2D eigenvalue weighted by Gasteiger charge is -2.03. The first kappa shape index (κ1) is 9.93. The highest BCUT2D eigenvalue weighted by Crippen LogP contribution is 2.22. The lowest BCUT2D eigenvalue weighted by Crippen LogP contribution is -2.01. The highest BCUT2D eigenvalue weighted by Gasteiger charge is 2.07. The Balaban J connectivity index is 2.65. The molecule has 0 unspecified atom stereocenters. The summed E-state index contributed by atoms with van der Waals surface area (Å²) in [5.41, 5.74) is 1.34. The lowest BCUT2D eigenvalue weighted by molar-refractivity contribution is -0.136. The third-order valence-corrected chi connectivity index (χ3v) is 2.31. The standard InChI is InChI=1S/C11H8ClNO2/c12-9-4-7-2-1-3-13-11(7)8(5-9)6-10(14)15/h1-5H,6H2,(H,14,15). The van der Waals surface area contributed by atoms with Gasteiger partial charge >= 0.3 is 5.97 Å². The van der Waals surface area contributed by atoms with Crippen LogP contribution in [0.1, 0.15) is 5.56 Å². The van der Waals surface area contributed by atoms with Gasteiger partial charge in [-0.15, -0.1) is 0 Å². The van der Waals surface area contributed by atoms with Gasteiger partial charge in [0.1, 0.15) is 0 Å². The molecule has 0 bridgehead atoms. The van der Waals surface area contributed by atoms with Crippen molar-refractivity contribution in [1.29, 1.82) is 0 Å². The summed E-state index contributed by atoms with van der Waals surface area (Å²) >= 11 is 5.89. The highest BCUT2D eigenvalue weighted by atomic mass is 35.5. The van der Waals surface area contributed by atoms with Gasteiger partial charge in [-0.2, -0.15) is 0 Å². The SMILES string of the molecule is O=C(O)Cc1cc(Cl)cc2cccnc12. The lowest BCUT2D eigenvalue weighted by atomic mass is 10.1. The van der Waals surface area contributed by atoms with Gasteiger partial charge in [-0.25, -0.2) is 0 Å². The van der Waals surface area contributed by atoms with E-state index in [0.29, 0.717) is 16.1 Å². The van der Waals surface area contributed by atoms with Crippen molar-refractivity contribution in [3.63, 3.8) is 0 Å². The van der Waals surface area contributed by atoms with Crippen LogP contribution in [0.2, 0.25) is 5.02 Å². The van der Waals surface area contributed by atoms with Crippen LogP contribution < -0.4 is 0 Å². The summed E-state index contributed by atoms with van der Waals surface area (Å²) in [5, 5.41) is 10.1. The Bertz CT molecular complexity index is 525. The summed E-state index contributed by atoms with van der Waals surface area (Å²) < 4.78 is 0. The van der Waals surface area contributed by atoms with Crippen molar-refractivity contribution < 1.29 is 9.90 Å². The van der Waals surface area contributed by atoms with Crippen molar-refractivity contribution in [3.05, 3.63) is 41.0 Å². The maximum Gasteiger partial charge on any atom is 0.307 e. The minimum Gasteiger partial charge on any atom is -0.481 e. The van der Waals surface area contributed by atoms with Crippen LogP contribution in [0.5, 0.6) is 0 Å². The predicted octanol–water partition coefficient (Wildman–Crippen LogP) is 2.52. The van der Waals surface area contributed by atoms with Crippen molar-refractivity contribution in [2.45, 2.75) is 6.42 Å². The van der Waals surface area contributed by atoms with Gasteiger partial charge in [0.15, 0.2) is 0 Å². The molecule has 0 radical (unpaired) electrons. The molecule has 1 heterocycles. The van der Waals surface area contributed by atoms with Crippen molar-refractivity contribution in [2.24, 2.45) is 0 Å². The molecule has 0 fully saturated rings. The molecule has 0 saturated carbocycles. The Morgan fingerprint density at radius 2 is 2.27 bits per heavy atom. The normalized spacial score (nSPS) is 10.5. The van der Waals surface area contributed by atoms with Gasteiger partial charge in [-0.1, -0.05) is 17.7 Å². The van der Waals surface area contributed by atoms with Gasteiger partial charge in [-0.05, 0) is 23.8 Å². The number of hydrogen-bond donors (Lipinski definition) is 1. The van der Waals surface area contributed by atoms with E-state index in [1.807, 2.05) is 6.07 Å². The molecule has 1 aromatic carbocycles. The maximum atomic E-state index is 10.7. The molecule has 15 heavy (non-hydrogen) atoms. The molecule has 0 atom stereocenters. The Hall–Kier alpha value is -1.61. The fraction of sp³-hybridized carbons (Fsp3) is 0.0909. The summed E-state index contributed by atoms with van der Waals surface area (Å²) in [6.45, 7) is 0. The molecule has 0 aliphatic rings. The van der Waals surface area contributed by atoms with E-state index < -0.39 is 5.97 Å². The van der Waals surface area contributed by atoms with Crippen LogP contribution >= 0.6 is 11.6 Å². The zero-order valence-electron chi connectivity index (χ0n) is 7.77. The molecule has 0 amide bonds. The van der Waals surface area contributed by atoms with Crippen LogP contribution in [0.3, 0.4) is 0 Å². The summed E-state index contributed by atoms with van der Waals surface area (Å²) in [7, 11) is 0. The molecule has 76 valence electrons. The predicted molar refractivity (Wildman–Crippen MR) is 58.1 cm³/mol. The van der Waals surface area contributed by atoms with E-state index >= 15 is 0 Å². The minimum absolute atomic E-state index is 0.0614. The van der Waals surface area contributed by atoms with Crippen molar-refractivity contribution in [1.82, 2.24) is 4.98 Å². The number of fused-ring (bicyclic) bond motifs is 1. The molecular weight excluding hydrogens is 214 g/mol. The summed E-state index contributed by atoms with van der Waals surface area (Å²) in [6, 6.07) is 7.07. The van der Waals surface area contributed by atoms with E-state index in [0.717, 1.165) is 5.39 Å². The van der Waals surface area contributed by atoms with E-state index in [1.165, 1.54) is 0 Å². The number of carboxylic acids is 1. The molecular formula is C11H8ClNO2. The topological polar surface area (TPSA) is 50.2 Å². The summed E-state index contributed by atoms with van der Waals surface area (Å²) in [5.74, 6) is -0.885. The minimum atomic E-state index is -0.885. The summed E-state index contributed by atoms with van der Waals surface area (Å²) in [4.78, 5) is 14.8. The van der Waals surface area contributed by atoms with Gasteiger partial charge in [0.25, 0.3) is 0 Å². The van der Waals surface area contributed by atoms with Gasteiger partial charge in [0.05, 0.1) is 11.9 Å². The van der Waals surface area contributed by atoms with Crippen molar-refractivity contribution in [3.8, 4) is 0 Å². The van der Waals surface area contributed by atoms with Crippen LogP contribution in [-0.2, 0) is 11.2 Å².